The highest BCUT2D eigenvalue weighted by Gasteiger charge is 2.28. The number of benzene rings is 1. The van der Waals surface area contributed by atoms with Gasteiger partial charge in [-0.25, -0.2) is 0 Å². The van der Waals surface area contributed by atoms with Gasteiger partial charge in [0.1, 0.15) is 5.75 Å². The number of nitrogens with zero attached hydrogens (tertiary/aromatic N) is 2. The highest BCUT2D eigenvalue weighted by atomic mass is 16.5. The average Bonchev–Trinajstić information content (AvgIpc) is 2.67. The van der Waals surface area contributed by atoms with E-state index in [-0.39, 0.29) is 30.6 Å². The summed E-state index contributed by atoms with van der Waals surface area (Å²) in [7, 11) is 3.04. The van der Waals surface area contributed by atoms with Crippen LogP contribution in [0.4, 0.5) is 0 Å². The summed E-state index contributed by atoms with van der Waals surface area (Å²) in [4.78, 5) is 50.5. The first kappa shape index (κ1) is 21.4. The van der Waals surface area contributed by atoms with Gasteiger partial charge in [-0.15, -0.1) is 0 Å². The van der Waals surface area contributed by atoms with E-state index in [1.54, 1.807) is 30.1 Å². The molecule has 2 rings (SSSR count). The molecule has 0 aliphatic carbocycles. The van der Waals surface area contributed by atoms with Crippen molar-refractivity contribution >= 4 is 23.6 Å². The number of likely N-dealkylation sites (tertiary alicyclic amines) is 1. The van der Waals surface area contributed by atoms with E-state index >= 15 is 0 Å². The fourth-order valence-electron chi connectivity index (χ4n) is 3.20. The van der Waals surface area contributed by atoms with E-state index in [0.29, 0.717) is 42.8 Å². The van der Waals surface area contributed by atoms with Crippen LogP contribution >= 0.6 is 0 Å². The highest BCUT2D eigenvalue weighted by molar-refractivity contribution is 5.95. The molecular formula is C20H26N2O6. The van der Waals surface area contributed by atoms with Crippen LogP contribution in [0.5, 0.6) is 5.75 Å². The molecule has 0 bridgehead atoms. The number of likely N-dealkylation sites (N-methyl/N-ethyl adjacent to an activating group) is 1. The molecule has 0 unspecified atom stereocenters. The minimum Gasteiger partial charge on any atom is -0.496 e. The van der Waals surface area contributed by atoms with Crippen molar-refractivity contribution in [1.82, 2.24) is 9.80 Å². The average molecular weight is 390 g/mol. The molecule has 0 radical (unpaired) electrons. The lowest BCUT2D eigenvalue weighted by Crippen LogP contribution is -2.45. The molecule has 8 nitrogen and oxygen atoms in total. The number of amides is 2. The highest BCUT2D eigenvalue weighted by Crippen LogP contribution is 2.22. The fourth-order valence-corrected chi connectivity index (χ4v) is 3.20. The van der Waals surface area contributed by atoms with Crippen LogP contribution in [0.15, 0.2) is 18.2 Å². The Morgan fingerprint density at radius 1 is 1.21 bits per heavy atom. The first-order chi connectivity index (χ1) is 13.2. The second kappa shape index (κ2) is 9.34. The molecule has 2 amide bonds. The number of carbonyl (C=O) groups excluding carboxylic acids is 3. The molecule has 1 heterocycles. The van der Waals surface area contributed by atoms with Crippen molar-refractivity contribution in [2.24, 2.45) is 5.92 Å². The maximum absolute atomic E-state index is 12.6. The molecule has 0 aromatic heterocycles. The maximum Gasteiger partial charge on any atom is 0.306 e. The number of carboxylic acid groups (broad SMARTS) is 1. The number of rotatable bonds is 7. The monoisotopic (exact) mass is 390 g/mol. The first-order valence-corrected chi connectivity index (χ1v) is 9.15. The van der Waals surface area contributed by atoms with Gasteiger partial charge in [0, 0.05) is 31.3 Å². The van der Waals surface area contributed by atoms with E-state index in [1.807, 2.05) is 0 Å². The molecule has 0 spiro atoms. The van der Waals surface area contributed by atoms with Crippen molar-refractivity contribution in [3.63, 3.8) is 0 Å². The number of ketones is 1. The molecule has 0 saturated carbocycles. The molecule has 1 aliphatic rings. The second-order valence-corrected chi connectivity index (χ2v) is 7.00. The lowest BCUT2D eigenvalue weighted by Gasteiger charge is -2.31. The van der Waals surface area contributed by atoms with Crippen molar-refractivity contribution in [2.75, 3.05) is 33.8 Å². The molecule has 1 aromatic carbocycles. The van der Waals surface area contributed by atoms with Crippen molar-refractivity contribution in [3.05, 3.63) is 29.3 Å². The van der Waals surface area contributed by atoms with Gasteiger partial charge in [-0.2, -0.15) is 0 Å². The van der Waals surface area contributed by atoms with E-state index < -0.39 is 11.9 Å². The lowest BCUT2D eigenvalue weighted by atomic mass is 9.97. The molecule has 28 heavy (non-hydrogen) atoms. The van der Waals surface area contributed by atoms with E-state index in [4.69, 9.17) is 9.84 Å². The molecule has 1 aliphatic heterocycles. The summed E-state index contributed by atoms with van der Waals surface area (Å²) in [5.41, 5.74) is 1.07. The SMILES string of the molecule is COc1ccc(C(C)=O)cc1CC(=O)N(C)CC(=O)N1CCC(C(=O)O)CC1. The Bertz CT molecular complexity index is 768. The van der Waals surface area contributed by atoms with E-state index in [9.17, 15) is 19.2 Å². The van der Waals surface area contributed by atoms with Crippen LogP contribution < -0.4 is 4.74 Å². The number of ether oxygens (including phenoxy) is 1. The standard InChI is InChI=1S/C20H26N2O6/c1-13(23)15-4-5-17(28-3)16(10-15)11-18(24)21(2)12-19(25)22-8-6-14(7-9-22)20(26)27/h4-5,10,14H,6-9,11-12H2,1-3H3,(H,26,27). The number of hydrogen-bond acceptors (Lipinski definition) is 5. The fraction of sp³-hybridized carbons (Fsp3) is 0.500. The minimum absolute atomic E-state index is 0.00909. The zero-order chi connectivity index (χ0) is 20.8. The van der Waals surface area contributed by atoms with E-state index in [2.05, 4.69) is 0 Å². The minimum atomic E-state index is -0.832. The predicted molar refractivity (Wildman–Crippen MR) is 101 cm³/mol. The third kappa shape index (κ3) is 5.31. The number of Topliss-reactive ketones (excluding diaryl/α,β-unsaturated/α-hetero) is 1. The number of piperidine rings is 1. The van der Waals surface area contributed by atoms with Gasteiger partial charge in [0.25, 0.3) is 0 Å². The Labute approximate surface area is 164 Å². The lowest BCUT2D eigenvalue weighted by molar-refractivity contribution is -0.146. The largest absolute Gasteiger partial charge is 0.496 e. The maximum atomic E-state index is 12.6. The Morgan fingerprint density at radius 3 is 2.39 bits per heavy atom. The van der Waals surface area contributed by atoms with Gasteiger partial charge in [0.05, 0.1) is 26.0 Å². The van der Waals surface area contributed by atoms with Gasteiger partial charge in [-0.1, -0.05) is 0 Å². The predicted octanol–water partition coefficient (Wildman–Crippen LogP) is 1.22. The van der Waals surface area contributed by atoms with Gasteiger partial charge >= 0.3 is 5.97 Å². The summed E-state index contributed by atoms with van der Waals surface area (Å²) < 4.78 is 5.26. The van der Waals surface area contributed by atoms with Crippen LogP contribution in [-0.4, -0.2) is 72.3 Å². The van der Waals surface area contributed by atoms with Crippen molar-refractivity contribution in [1.29, 1.82) is 0 Å². The Balaban J connectivity index is 1.96. The Hall–Kier alpha value is -2.90. The van der Waals surface area contributed by atoms with Gasteiger partial charge in [-0.05, 0) is 38.0 Å². The number of aliphatic carboxylic acids is 1. The van der Waals surface area contributed by atoms with Gasteiger partial charge in [0.15, 0.2) is 5.78 Å². The molecule has 1 saturated heterocycles. The molecular weight excluding hydrogens is 364 g/mol. The van der Waals surface area contributed by atoms with Crippen molar-refractivity contribution in [2.45, 2.75) is 26.2 Å². The molecule has 0 atom stereocenters. The van der Waals surface area contributed by atoms with Crippen LogP contribution in [0.1, 0.15) is 35.7 Å². The summed E-state index contributed by atoms with van der Waals surface area (Å²) in [5, 5.41) is 9.03. The van der Waals surface area contributed by atoms with Gasteiger partial charge in [0.2, 0.25) is 11.8 Å². The summed E-state index contributed by atoms with van der Waals surface area (Å²) in [6.07, 6.45) is 0.858. The molecule has 8 heteroatoms. The van der Waals surface area contributed by atoms with Crippen molar-refractivity contribution < 1.29 is 29.0 Å². The zero-order valence-electron chi connectivity index (χ0n) is 16.4. The van der Waals surface area contributed by atoms with Crippen LogP contribution in [0.2, 0.25) is 0 Å². The third-order valence-electron chi connectivity index (χ3n) is 5.02. The summed E-state index contributed by atoms with van der Waals surface area (Å²) in [5.74, 6) is -1.32. The van der Waals surface area contributed by atoms with E-state index in [1.165, 1.54) is 18.9 Å². The quantitative estimate of drug-likeness (QED) is 0.702. The first-order valence-electron chi connectivity index (χ1n) is 9.15. The summed E-state index contributed by atoms with van der Waals surface area (Å²) in [6, 6.07) is 4.92. The molecule has 1 fully saturated rings. The van der Waals surface area contributed by atoms with Crippen LogP contribution in [-0.2, 0) is 20.8 Å². The smallest absolute Gasteiger partial charge is 0.306 e. The molecule has 152 valence electrons. The van der Waals surface area contributed by atoms with Crippen LogP contribution in [0.25, 0.3) is 0 Å². The van der Waals surface area contributed by atoms with Crippen molar-refractivity contribution in [3.8, 4) is 5.75 Å². The van der Waals surface area contributed by atoms with Crippen LogP contribution in [0.3, 0.4) is 0 Å². The van der Waals surface area contributed by atoms with E-state index in [0.717, 1.165) is 0 Å². The number of carbonyl (C=O) groups is 4. The Kier molecular flexibility index (Phi) is 7.14. The molecule has 1 N–H and O–H groups in total. The number of hydrogen-bond donors (Lipinski definition) is 1. The number of methoxy groups -OCH3 is 1. The molecule has 1 aromatic rings. The topological polar surface area (TPSA) is 104 Å². The number of carboxylic acids is 1. The normalized spacial score (nSPS) is 14.5. The zero-order valence-corrected chi connectivity index (χ0v) is 16.4. The van der Waals surface area contributed by atoms with Gasteiger partial charge in [-0.3, -0.25) is 19.2 Å². The summed E-state index contributed by atoms with van der Waals surface area (Å²) in [6.45, 7) is 2.13. The van der Waals surface area contributed by atoms with Gasteiger partial charge < -0.3 is 19.6 Å². The third-order valence-corrected chi connectivity index (χ3v) is 5.02. The summed E-state index contributed by atoms with van der Waals surface area (Å²) >= 11 is 0. The van der Waals surface area contributed by atoms with Crippen LogP contribution in [0, 0.1) is 5.92 Å². The second-order valence-electron chi connectivity index (χ2n) is 7.00. The Morgan fingerprint density at radius 2 is 1.86 bits per heavy atom.